The molecule has 1 saturated carbocycles. The molecular formula is C17H19NO2S. The SMILES string of the molecule is O=C(Nc1ccccc1)OC1CCCCC1c1cccs1. The van der Waals surface area contributed by atoms with Gasteiger partial charge in [-0.3, -0.25) is 5.32 Å². The van der Waals surface area contributed by atoms with E-state index in [0.717, 1.165) is 24.9 Å². The number of carbonyl (C=O) groups excluding carboxylic acids is 1. The number of hydrogen-bond donors (Lipinski definition) is 1. The Morgan fingerprint density at radius 3 is 2.67 bits per heavy atom. The second kappa shape index (κ2) is 6.76. The number of nitrogens with one attached hydrogen (secondary N) is 1. The molecule has 1 aromatic heterocycles. The number of hydrogen-bond acceptors (Lipinski definition) is 3. The van der Waals surface area contributed by atoms with Gasteiger partial charge in [0.2, 0.25) is 0 Å². The first kappa shape index (κ1) is 14.1. The summed E-state index contributed by atoms with van der Waals surface area (Å²) in [5.74, 6) is 0.347. The monoisotopic (exact) mass is 301 g/mol. The van der Waals surface area contributed by atoms with Crippen LogP contribution in [0.25, 0.3) is 0 Å². The van der Waals surface area contributed by atoms with Crippen molar-refractivity contribution in [2.24, 2.45) is 0 Å². The molecule has 0 radical (unpaired) electrons. The van der Waals surface area contributed by atoms with E-state index in [0.29, 0.717) is 5.92 Å². The van der Waals surface area contributed by atoms with E-state index in [4.69, 9.17) is 4.74 Å². The van der Waals surface area contributed by atoms with Crippen molar-refractivity contribution < 1.29 is 9.53 Å². The largest absolute Gasteiger partial charge is 0.445 e. The number of carbonyl (C=O) groups is 1. The van der Waals surface area contributed by atoms with Crippen LogP contribution in [0.1, 0.15) is 36.5 Å². The third-order valence-corrected chi connectivity index (χ3v) is 4.89. The molecule has 0 bridgehead atoms. The highest BCUT2D eigenvalue weighted by Crippen LogP contribution is 2.37. The van der Waals surface area contributed by atoms with E-state index in [1.165, 1.54) is 11.3 Å². The van der Waals surface area contributed by atoms with Gasteiger partial charge in [-0.25, -0.2) is 4.79 Å². The molecule has 3 rings (SSSR count). The quantitative estimate of drug-likeness (QED) is 0.864. The molecule has 1 aliphatic rings. The highest BCUT2D eigenvalue weighted by Gasteiger charge is 2.30. The summed E-state index contributed by atoms with van der Waals surface area (Å²) in [4.78, 5) is 13.4. The lowest BCUT2D eigenvalue weighted by atomic mass is 9.85. The van der Waals surface area contributed by atoms with Crippen LogP contribution in [-0.4, -0.2) is 12.2 Å². The third kappa shape index (κ3) is 3.64. The second-order valence-corrected chi connectivity index (χ2v) is 6.32. The summed E-state index contributed by atoms with van der Waals surface area (Å²) in [5.41, 5.74) is 0.769. The minimum absolute atomic E-state index is 0.0129. The predicted octanol–water partition coefficient (Wildman–Crippen LogP) is 5.02. The summed E-state index contributed by atoms with van der Waals surface area (Å²) in [6.45, 7) is 0. The Kier molecular flexibility index (Phi) is 4.55. The highest BCUT2D eigenvalue weighted by molar-refractivity contribution is 7.10. The van der Waals surface area contributed by atoms with Crippen LogP contribution in [0.2, 0.25) is 0 Å². The summed E-state index contributed by atoms with van der Waals surface area (Å²) < 4.78 is 5.69. The van der Waals surface area contributed by atoms with Crippen LogP contribution in [0.15, 0.2) is 47.8 Å². The van der Waals surface area contributed by atoms with Gasteiger partial charge in [0, 0.05) is 16.5 Å². The van der Waals surface area contributed by atoms with Crippen molar-refractivity contribution in [1.29, 1.82) is 0 Å². The van der Waals surface area contributed by atoms with E-state index < -0.39 is 0 Å². The first-order valence-electron chi connectivity index (χ1n) is 7.39. The van der Waals surface area contributed by atoms with E-state index in [9.17, 15) is 4.79 Å². The third-order valence-electron chi connectivity index (χ3n) is 3.89. The molecule has 0 saturated heterocycles. The van der Waals surface area contributed by atoms with E-state index >= 15 is 0 Å². The molecule has 2 unspecified atom stereocenters. The molecule has 110 valence electrons. The predicted molar refractivity (Wildman–Crippen MR) is 85.9 cm³/mol. The molecule has 1 amide bonds. The fourth-order valence-electron chi connectivity index (χ4n) is 2.87. The van der Waals surface area contributed by atoms with Crippen molar-refractivity contribution in [1.82, 2.24) is 0 Å². The lowest BCUT2D eigenvalue weighted by Crippen LogP contribution is -2.30. The number of anilines is 1. The van der Waals surface area contributed by atoms with Crippen molar-refractivity contribution in [2.45, 2.75) is 37.7 Å². The number of rotatable bonds is 3. The number of benzene rings is 1. The number of thiophene rings is 1. The van der Waals surface area contributed by atoms with Crippen molar-refractivity contribution in [3.8, 4) is 0 Å². The zero-order chi connectivity index (χ0) is 14.5. The van der Waals surface area contributed by atoms with Crippen LogP contribution in [0.3, 0.4) is 0 Å². The van der Waals surface area contributed by atoms with E-state index in [1.54, 1.807) is 11.3 Å². The zero-order valence-corrected chi connectivity index (χ0v) is 12.6. The second-order valence-electron chi connectivity index (χ2n) is 5.34. The maximum Gasteiger partial charge on any atom is 0.411 e. The van der Waals surface area contributed by atoms with E-state index in [-0.39, 0.29) is 12.2 Å². The number of ether oxygens (including phenoxy) is 1. The van der Waals surface area contributed by atoms with Gasteiger partial charge >= 0.3 is 6.09 Å². The minimum Gasteiger partial charge on any atom is -0.445 e. The molecule has 1 aromatic carbocycles. The van der Waals surface area contributed by atoms with Crippen molar-refractivity contribution >= 4 is 23.1 Å². The standard InChI is InChI=1S/C17H19NO2S/c19-17(18-13-7-2-1-3-8-13)20-15-10-5-4-9-14(15)16-11-6-12-21-16/h1-3,6-8,11-12,14-15H,4-5,9-10H2,(H,18,19). The molecule has 0 aliphatic heterocycles. The molecule has 1 fully saturated rings. The van der Waals surface area contributed by atoms with Crippen LogP contribution in [0, 0.1) is 0 Å². The smallest absolute Gasteiger partial charge is 0.411 e. The van der Waals surface area contributed by atoms with Gasteiger partial charge in [0.25, 0.3) is 0 Å². The topological polar surface area (TPSA) is 38.3 Å². The molecule has 1 N–H and O–H groups in total. The fraction of sp³-hybridized carbons (Fsp3) is 0.353. The van der Waals surface area contributed by atoms with Gasteiger partial charge in [0.15, 0.2) is 0 Å². The Labute approximate surface area is 129 Å². The van der Waals surface area contributed by atoms with Gasteiger partial charge in [-0.15, -0.1) is 11.3 Å². The van der Waals surface area contributed by atoms with Crippen LogP contribution in [0.5, 0.6) is 0 Å². The molecular weight excluding hydrogens is 282 g/mol. The van der Waals surface area contributed by atoms with Crippen molar-refractivity contribution in [3.63, 3.8) is 0 Å². The number of para-hydroxylation sites is 1. The minimum atomic E-state index is -0.352. The van der Waals surface area contributed by atoms with Crippen LogP contribution in [0.4, 0.5) is 10.5 Å². The molecule has 0 spiro atoms. The van der Waals surface area contributed by atoms with Gasteiger partial charge in [-0.2, -0.15) is 0 Å². The van der Waals surface area contributed by atoms with Gasteiger partial charge in [0.05, 0.1) is 0 Å². The van der Waals surface area contributed by atoms with Crippen LogP contribution in [-0.2, 0) is 4.74 Å². The van der Waals surface area contributed by atoms with Gasteiger partial charge in [-0.05, 0) is 42.8 Å². The summed E-state index contributed by atoms with van der Waals surface area (Å²) >= 11 is 1.75. The fourth-order valence-corrected chi connectivity index (χ4v) is 3.79. The summed E-state index contributed by atoms with van der Waals surface area (Å²) in [7, 11) is 0. The lowest BCUT2D eigenvalue weighted by molar-refractivity contribution is 0.0720. The zero-order valence-electron chi connectivity index (χ0n) is 11.8. The lowest BCUT2D eigenvalue weighted by Gasteiger charge is -2.30. The summed E-state index contributed by atoms with van der Waals surface area (Å²) in [5, 5.41) is 4.89. The molecule has 21 heavy (non-hydrogen) atoms. The van der Waals surface area contributed by atoms with Gasteiger partial charge in [0.1, 0.15) is 6.10 Å². The maximum atomic E-state index is 12.1. The van der Waals surface area contributed by atoms with E-state index in [1.807, 2.05) is 30.3 Å². The Morgan fingerprint density at radius 1 is 1.10 bits per heavy atom. The highest BCUT2D eigenvalue weighted by atomic mass is 32.1. The molecule has 1 aliphatic carbocycles. The maximum absolute atomic E-state index is 12.1. The molecule has 4 heteroatoms. The summed E-state index contributed by atoms with van der Waals surface area (Å²) in [6.07, 6.45) is 4.03. The van der Waals surface area contributed by atoms with Crippen LogP contribution >= 0.6 is 11.3 Å². The first-order valence-corrected chi connectivity index (χ1v) is 8.27. The van der Waals surface area contributed by atoms with Crippen molar-refractivity contribution in [2.75, 3.05) is 5.32 Å². The Bertz CT molecular complexity index is 568. The normalized spacial score (nSPS) is 21.7. The van der Waals surface area contributed by atoms with Crippen LogP contribution < -0.4 is 5.32 Å². The summed E-state index contributed by atoms with van der Waals surface area (Å²) in [6, 6.07) is 13.6. The van der Waals surface area contributed by atoms with Gasteiger partial charge in [-0.1, -0.05) is 30.7 Å². The Morgan fingerprint density at radius 2 is 1.90 bits per heavy atom. The molecule has 2 aromatic rings. The van der Waals surface area contributed by atoms with Crippen molar-refractivity contribution in [3.05, 3.63) is 52.7 Å². The molecule has 1 heterocycles. The Balaban J connectivity index is 1.63. The average Bonchev–Trinajstić information content (AvgIpc) is 3.03. The van der Waals surface area contributed by atoms with E-state index in [2.05, 4.69) is 22.8 Å². The first-order chi connectivity index (χ1) is 10.3. The average molecular weight is 301 g/mol. The Hall–Kier alpha value is -1.81. The van der Waals surface area contributed by atoms with Gasteiger partial charge < -0.3 is 4.74 Å². The molecule has 2 atom stereocenters. The molecule has 3 nitrogen and oxygen atoms in total. The number of amides is 1.